The van der Waals surface area contributed by atoms with Crippen molar-refractivity contribution in [1.82, 2.24) is 5.32 Å². The van der Waals surface area contributed by atoms with Crippen LogP contribution in [0, 0.1) is 0 Å². The molecule has 1 atom stereocenters. The fourth-order valence-electron chi connectivity index (χ4n) is 2.98. The number of nitrogens with one attached hydrogen (secondary N) is 2. The second-order valence-electron chi connectivity index (χ2n) is 5.97. The maximum Gasteiger partial charge on any atom is 0.255 e. The zero-order valence-electron chi connectivity index (χ0n) is 14.0. The highest BCUT2D eigenvalue weighted by Crippen LogP contribution is 2.26. The van der Waals surface area contributed by atoms with Gasteiger partial charge in [-0.25, -0.2) is 0 Å². The number of rotatable bonds is 4. The Bertz CT molecular complexity index is 714. The molecule has 0 saturated carbocycles. The number of piperidine rings is 1. The molecule has 0 aromatic heterocycles. The maximum atomic E-state index is 12.4. The molecular formula is C19H22Cl2N2O2. The van der Waals surface area contributed by atoms with Crippen LogP contribution in [0.5, 0.6) is 5.75 Å². The van der Waals surface area contributed by atoms with Gasteiger partial charge in [0, 0.05) is 17.8 Å². The van der Waals surface area contributed by atoms with Crippen molar-refractivity contribution in [2.45, 2.75) is 18.8 Å². The fraction of sp³-hybridized carbons (Fsp3) is 0.316. The Morgan fingerprint density at radius 2 is 2.00 bits per heavy atom. The van der Waals surface area contributed by atoms with Crippen LogP contribution in [0.1, 0.15) is 34.7 Å². The molecule has 1 aliphatic heterocycles. The van der Waals surface area contributed by atoms with Gasteiger partial charge in [-0.05, 0) is 61.2 Å². The van der Waals surface area contributed by atoms with Gasteiger partial charge in [-0.15, -0.1) is 12.4 Å². The highest BCUT2D eigenvalue weighted by molar-refractivity contribution is 6.32. The Labute approximate surface area is 159 Å². The summed E-state index contributed by atoms with van der Waals surface area (Å²) in [5.74, 6) is 0.866. The SMILES string of the molecule is COc1cc(C(=O)Nc2ccc([C@H]3CCCNC3)cc2)ccc1Cl.Cl. The molecule has 0 radical (unpaired) electrons. The Kier molecular flexibility index (Phi) is 7.12. The minimum Gasteiger partial charge on any atom is -0.495 e. The van der Waals surface area contributed by atoms with E-state index in [0.29, 0.717) is 22.3 Å². The van der Waals surface area contributed by atoms with Crippen LogP contribution in [0.25, 0.3) is 0 Å². The standard InChI is InChI=1S/C19H21ClN2O2.ClH/c1-24-18-11-14(6-9-17(18)20)19(23)22-16-7-4-13(5-8-16)15-3-2-10-21-12-15;/h4-9,11,15,21H,2-3,10,12H2,1H3,(H,22,23);1H/t15-;/m0./s1. The summed E-state index contributed by atoms with van der Waals surface area (Å²) in [6, 6.07) is 13.1. The third kappa shape index (κ3) is 4.88. The second kappa shape index (κ2) is 9.09. The molecule has 0 bridgehead atoms. The van der Waals surface area contributed by atoms with Crippen LogP contribution in [-0.2, 0) is 0 Å². The maximum absolute atomic E-state index is 12.4. The highest BCUT2D eigenvalue weighted by atomic mass is 35.5. The first-order valence-electron chi connectivity index (χ1n) is 8.13. The second-order valence-corrected chi connectivity index (χ2v) is 6.38. The van der Waals surface area contributed by atoms with Gasteiger partial charge in [-0.3, -0.25) is 4.79 Å². The lowest BCUT2D eigenvalue weighted by molar-refractivity contribution is 0.102. The van der Waals surface area contributed by atoms with E-state index in [2.05, 4.69) is 22.8 Å². The number of carbonyl (C=O) groups is 1. The minimum absolute atomic E-state index is 0. The van der Waals surface area contributed by atoms with Crippen molar-refractivity contribution in [3.63, 3.8) is 0 Å². The summed E-state index contributed by atoms with van der Waals surface area (Å²) in [7, 11) is 1.53. The highest BCUT2D eigenvalue weighted by Gasteiger charge is 2.15. The Balaban J connectivity index is 0.00000225. The van der Waals surface area contributed by atoms with E-state index in [1.54, 1.807) is 18.2 Å². The average molecular weight is 381 g/mol. The van der Waals surface area contributed by atoms with Crippen molar-refractivity contribution in [2.75, 3.05) is 25.5 Å². The Morgan fingerprint density at radius 1 is 1.24 bits per heavy atom. The van der Waals surface area contributed by atoms with Crippen LogP contribution in [0.2, 0.25) is 5.02 Å². The molecule has 4 nitrogen and oxygen atoms in total. The number of methoxy groups -OCH3 is 1. The number of hydrogen-bond acceptors (Lipinski definition) is 3. The quantitative estimate of drug-likeness (QED) is 0.821. The Hall–Kier alpha value is -1.75. The molecule has 1 heterocycles. The van der Waals surface area contributed by atoms with Crippen LogP contribution in [-0.4, -0.2) is 26.1 Å². The molecule has 1 amide bonds. The summed E-state index contributed by atoms with van der Waals surface area (Å²) in [6.45, 7) is 2.13. The molecule has 3 rings (SSSR count). The van der Waals surface area contributed by atoms with Crippen molar-refractivity contribution in [1.29, 1.82) is 0 Å². The predicted molar refractivity (Wildman–Crippen MR) is 104 cm³/mol. The molecule has 0 aliphatic carbocycles. The van der Waals surface area contributed by atoms with Gasteiger partial charge in [0.2, 0.25) is 0 Å². The van der Waals surface area contributed by atoms with E-state index in [0.717, 1.165) is 18.8 Å². The zero-order valence-corrected chi connectivity index (χ0v) is 15.6. The van der Waals surface area contributed by atoms with Gasteiger partial charge in [0.25, 0.3) is 5.91 Å². The fourth-order valence-corrected chi connectivity index (χ4v) is 3.17. The average Bonchev–Trinajstić information content (AvgIpc) is 2.63. The number of hydrogen-bond donors (Lipinski definition) is 2. The monoisotopic (exact) mass is 380 g/mol. The van der Waals surface area contributed by atoms with Crippen molar-refractivity contribution >= 4 is 35.6 Å². The molecule has 1 fully saturated rings. The lowest BCUT2D eigenvalue weighted by Gasteiger charge is -2.23. The number of carbonyl (C=O) groups excluding carboxylic acids is 1. The van der Waals surface area contributed by atoms with Crippen LogP contribution in [0.15, 0.2) is 42.5 Å². The first kappa shape index (κ1) is 19.6. The third-order valence-corrected chi connectivity index (χ3v) is 4.66. The van der Waals surface area contributed by atoms with Crippen LogP contribution in [0.4, 0.5) is 5.69 Å². The van der Waals surface area contributed by atoms with Crippen molar-refractivity contribution in [3.8, 4) is 5.75 Å². The van der Waals surface area contributed by atoms with Gasteiger partial charge in [0.1, 0.15) is 5.75 Å². The van der Waals surface area contributed by atoms with E-state index in [-0.39, 0.29) is 18.3 Å². The molecule has 0 unspecified atom stereocenters. The van der Waals surface area contributed by atoms with Gasteiger partial charge < -0.3 is 15.4 Å². The minimum atomic E-state index is -0.183. The first-order chi connectivity index (χ1) is 11.7. The van der Waals surface area contributed by atoms with E-state index < -0.39 is 0 Å². The number of benzene rings is 2. The largest absolute Gasteiger partial charge is 0.495 e. The topological polar surface area (TPSA) is 50.4 Å². The van der Waals surface area contributed by atoms with Crippen LogP contribution >= 0.6 is 24.0 Å². The van der Waals surface area contributed by atoms with Crippen molar-refractivity contribution < 1.29 is 9.53 Å². The number of anilines is 1. The van der Waals surface area contributed by atoms with Crippen molar-refractivity contribution in [3.05, 3.63) is 58.6 Å². The smallest absolute Gasteiger partial charge is 0.255 e. The molecule has 2 aromatic carbocycles. The van der Waals surface area contributed by atoms with E-state index in [9.17, 15) is 4.79 Å². The van der Waals surface area contributed by atoms with E-state index in [1.807, 2.05) is 12.1 Å². The van der Waals surface area contributed by atoms with E-state index >= 15 is 0 Å². The summed E-state index contributed by atoms with van der Waals surface area (Å²) < 4.78 is 5.15. The van der Waals surface area contributed by atoms with Gasteiger partial charge >= 0.3 is 0 Å². The molecule has 25 heavy (non-hydrogen) atoms. The predicted octanol–water partition coefficient (Wildman–Crippen LogP) is 4.49. The van der Waals surface area contributed by atoms with E-state index in [4.69, 9.17) is 16.3 Å². The normalized spacial score (nSPS) is 16.6. The molecule has 0 spiro atoms. The summed E-state index contributed by atoms with van der Waals surface area (Å²) in [5, 5.41) is 6.82. The van der Waals surface area contributed by atoms with Gasteiger partial charge in [0.15, 0.2) is 0 Å². The van der Waals surface area contributed by atoms with Gasteiger partial charge in [-0.2, -0.15) is 0 Å². The molecule has 2 N–H and O–H groups in total. The number of amides is 1. The molecule has 134 valence electrons. The molecule has 1 saturated heterocycles. The molecular weight excluding hydrogens is 359 g/mol. The number of ether oxygens (including phenoxy) is 1. The molecule has 2 aromatic rings. The molecule has 6 heteroatoms. The third-order valence-electron chi connectivity index (χ3n) is 4.35. The van der Waals surface area contributed by atoms with Crippen molar-refractivity contribution in [2.24, 2.45) is 0 Å². The molecule has 1 aliphatic rings. The first-order valence-corrected chi connectivity index (χ1v) is 8.51. The lowest BCUT2D eigenvalue weighted by Crippen LogP contribution is -2.28. The summed E-state index contributed by atoms with van der Waals surface area (Å²) >= 11 is 5.99. The van der Waals surface area contributed by atoms with Crippen LogP contribution in [0.3, 0.4) is 0 Å². The summed E-state index contributed by atoms with van der Waals surface area (Å²) in [6.07, 6.45) is 2.42. The van der Waals surface area contributed by atoms with Crippen LogP contribution < -0.4 is 15.4 Å². The lowest BCUT2D eigenvalue weighted by atomic mass is 9.91. The summed E-state index contributed by atoms with van der Waals surface area (Å²) in [4.78, 5) is 12.4. The zero-order chi connectivity index (χ0) is 16.9. The summed E-state index contributed by atoms with van der Waals surface area (Å²) in [5.41, 5.74) is 2.60. The van der Waals surface area contributed by atoms with Gasteiger partial charge in [0.05, 0.1) is 12.1 Å². The Morgan fingerprint density at radius 3 is 2.64 bits per heavy atom. The number of halogens is 2. The van der Waals surface area contributed by atoms with E-state index in [1.165, 1.54) is 25.5 Å². The van der Waals surface area contributed by atoms with Gasteiger partial charge in [-0.1, -0.05) is 23.7 Å².